The molecular weight excluding hydrogens is 554 g/mol. The van der Waals surface area contributed by atoms with Crippen molar-refractivity contribution >= 4 is 57.0 Å². The quantitative estimate of drug-likeness (QED) is 0.278. The summed E-state index contributed by atoms with van der Waals surface area (Å²) in [4.78, 5) is 50.5. The SMILES string of the molecule is C[I-][C@H](CC(=O)n1c2ccccc2c2ccc(Cl)cc21)C(=O)NC(CC(=O)O)C(=O)CF. The van der Waals surface area contributed by atoms with Crippen LogP contribution < -0.4 is 26.5 Å². The summed E-state index contributed by atoms with van der Waals surface area (Å²) in [6, 6.07) is 11.2. The van der Waals surface area contributed by atoms with Gasteiger partial charge in [-0.3, -0.25) is 0 Å². The summed E-state index contributed by atoms with van der Waals surface area (Å²) in [6.07, 6.45) is -0.859. The van der Waals surface area contributed by atoms with Crippen LogP contribution in [0.2, 0.25) is 5.02 Å². The van der Waals surface area contributed by atoms with E-state index in [9.17, 15) is 23.6 Å². The van der Waals surface area contributed by atoms with Crippen molar-refractivity contribution in [1.82, 2.24) is 9.88 Å². The van der Waals surface area contributed by atoms with Crippen LogP contribution in [0.5, 0.6) is 0 Å². The fourth-order valence-corrected chi connectivity index (χ4v) is 5.23. The third kappa shape index (κ3) is 5.09. The van der Waals surface area contributed by atoms with Crippen molar-refractivity contribution in [3.05, 3.63) is 47.5 Å². The number of carbonyl (C=O) groups is 4. The van der Waals surface area contributed by atoms with Gasteiger partial charge in [-0.15, -0.1) is 0 Å². The second-order valence-corrected chi connectivity index (χ2v) is 10.2. The zero-order valence-corrected chi connectivity index (χ0v) is 19.9. The molecular formula is C22H20ClFIN2O5-. The van der Waals surface area contributed by atoms with Crippen LogP contribution in [0.3, 0.4) is 0 Å². The number of nitrogens with one attached hydrogen (secondary N) is 1. The predicted molar refractivity (Wildman–Crippen MR) is 115 cm³/mol. The number of aliphatic carboxylic acids is 1. The number of alkyl halides is 3. The number of ketones is 1. The predicted octanol–water partition coefficient (Wildman–Crippen LogP) is 0.0637. The molecule has 10 heteroatoms. The molecule has 0 bridgehead atoms. The molecule has 3 aromatic rings. The number of benzene rings is 2. The molecule has 1 heterocycles. The number of carbonyl (C=O) groups excluding carboxylic acids is 3. The molecule has 2 aromatic carbocycles. The zero-order chi connectivity index (χ0) is 23.4. The van der Waals surface area contributed by atoms with Gasteiger partial charge in [0.2, 0.25) is 0 Å². The summed E-state index contributed by atoms with van der Waals surface area (Å²) in [5.41, 5.74) is 1.30. The minimum atomic E-state index is -1.47. The van der Waals surface area contributed by atoms with E-state index in [1.165, 1.54) is 4.57 Å². The first-order chi connectivity index (χ1) is 15.3. The van der Waals surface area contributed by atoms with Crippen LogP contribution in [0.4, 0.5) is 4.39 Å². The fourth-order valence-electron chi connectivity index (χ4n) is 3.50. The third-order valence-electron chi connectivity index (χ3n) is 5.00. The van der Waals surface area contributed by atoms with Gasteiger partial charge in [-0.25, -0.2) is 0 Å². The summed E-state index contributed by atoms with van der Waals surface area (Å²) < 4.78 is 13.6. The summed E-state index contributed by atoms with van der Waals surface area (Å²) in [7, 11) is 0. The average Bonchev–Trinajstić information content (AvgIpc) is 3.09. The van der Waals surface area contributed by atoms with Crippen LogP contribution in [0.15, 0.2) is 42.5 Å². The topological polar surface area (TPSA) is 105 Å². The van der Waals surface area contributed by atoms with Gasteiger partial charge in [-0.2, -0.15) is 0 Å². The van der Waals surface area contributed by atoms with E-state index in [4.69, 9.17) is 16.7 Å². The van der Waals surface area contributed by atoms with Crippen molar-refractivity contribution in [2.45, 2.75) is 22.8 Å². The van der Waals surface area contributed by atoms with Gasteiger partial charge in [0.05, 0.1) is 0 Å². The summed E-state index contributed by atoms with van der Waals surface area (Å²) in [6.45, 7) is -1.38. The molecule has 1 unspecified atom stereocenters. The van der Waals surface area contributed by atoms with Crippen LogP contribution >= 0.6 is 11.6 Å². The molecule has 3 rings (SSSR count). The monoisotopic (exact) mass is 573 g/mol. The number of para-hydroxylation sites is 1. The van der Waals surface area contributed by atoms with Crippen molar-refractivity contribution in [2.24, 2.45) is 0 Å². The number of halogens is 3. The Morgan fingerprint density at radius 2 is 1.78 bits per heavy atom. The van der Waals surface area contributed by atoms with Gasteiger partial charge in [-0.1, -0.05) is 0 Å². The van der Waals surface area contributed by atoms with E-state index >= 15 is 0 Å². The molecule has 0 radical (unpaired) electrons. The number of carboxylic acid groups (broad SMARTS) is 1. The van der Waals surface area contributed by atoms with Gasteiger partial charge in [0.25, 0.3) is 0 Å². The van der Waals surface area contributed by atoms with E-state index in [2.05, 4.69) is 5.32 Å². The van der Waals surface area contributed by atoms with Gasteiger partial charge in [0, 0.05) is 0 Å². The molecule has 32 heavy (non-hydrogen) atoms. The number of aromatic nitrogens is 1. The van der Waals surface area contributed by atoms with Gasteiger partial charge < -0.3 is 0 Å². The Morgan fingerprint density at radius 1 is 1.09 bits per heavy atom. The molecule has 0 aliphatic heterocycles. The number of rotatable bonds is 9. The van der Waals surface area contributed by atoms with Crippen molar-refractivity contribution < 1.29 is 49.9 Å². The Bertz CT molecular complexity index is 1210. The first-order valence-electron chi connectivity index (χ1n) is 9.57. The van der Waals surface area contributed by atoms with Crippen LogP contribution in [0, 0.1) is 0 Å². The zero-order valence-electron chi connectivity index (χ0n) is 17.0. The second kappa shape index (κ2) is 10.4. The first kappa shape index (κ1) is 24.1. The molecule has 0 saturated heterocycles. The van der Waals surface area contributed by atoms with E-state index in [0.29, 0.717) is 16.1 Å². The van der Waals surface area contributed by atoms with Gasteiger partial charge in [0.15, 0.2) is 0 Å². The van der Waals surface area contributed by atoms with Crippen molar-refractivity contribution in [2.75, 3.05) is 11.6 Å². The summed E-state index contributed by atoms with van der Waals surface area (Å²) in [5, 5.41) is 13.4. The Hall–Kier alpha value is -2.53. The van der Waals surface area contributed by atoms with Crippen LogP contribution in [-0.2, 0) is 14.4 Å². The van der Waals surface area contributed by atoms with Crippen LogP contribution in [0.1, 0.15) is 17.6 Å². The molecule has 0 fully saturated rings. The van der Waals surface area contributed by atoms with E-state index in [1.807, 2.05) is 29.2 Å². The number of nitrogens with zero attached hydrogens (tertiary/aromatic N) is 1. The number of carboxylic acids is 1. The molecule has 1 aromatic heterocycles. The molecule has 170 valence electrons. The van der Waals surface area contributed by atoms with Gasteiger partial charge >= 0.3 is 199 Å². The fraction of sp³-hybridized carbons (Fsp3) is 0.273. The molecule has 2 N–H and O–H groups in total. The summed E-state index contributed by atoms with van der Waals surface area (Å²) in [5.74, 6) is -3.30. The number of hydrogen-bond acceptors (Lipinski definition) is 4. The second-order valence-electron chi connectivity index (χ2n) is 7.06. The number of Topliss-reactive ketones (excluding diaryl/α,β-unsaturated/α-hetero) is 1. The van der Waals surface area contributed by atoms with E-state index in [1.54, 1.807) is 18.2 Å². The van der Waals surface area contributed by atoms with Gasteiger partial charge in [0.1, 0.15) is 0 Å². The standard InChI is InChI=1S/C22H20ClFIN2O5/c1-25-15(22(32)26-16(10-21(30)31)19(28)11-24)9-20(29)27-17-5-3-2-4-13(17)14-7-6-12(23)8-18(14)27/h2-8,15-16H,9-11H2,1H3,(H,26,32)(H,30,31)/q-1/t15-,16?/m1/s1. The molecule has 0 aliphatic carbocycles. The molecule has 2 atom stereocenters. The van der Waals surface area contributed by atoms with Gasteiger partial charge in [-0.05, 0) is 0 Å². The van der Waals surface area contributed by atoms with Crippen molar-refractivity contribution in [3.63, 3.8) is 0 Å². The van der Waals surface area contributed by atoms with E-state index < -0.39 is 61.9 Å². The molecule has 7 nitrogen and oxygen atoms in total. The van der Waals surface area contributed by atoms with Crippen molar-refractivity contribution in [3.8, 4) is 0 Å². The normalized spacial score (nSPS) is 13.2. The van der Waals surface area contributed by atoms with Crippen molar-refractivity contribution in [1.29, 1.82) is 0 Å². The average molecular weight is 574 g/mol. The molecule has 0 saturated carbocycles. The van der Waals surface area contributed by atoms with Crippen LogP contribution in [-0.4, -0.2) is 54.8 Å². The Morgan fingerprint density at radius 3 is 2.44 bits per heavy atom. The minimum absolute atomic E-state index is 0.139. The number of hydrogen-bond donors (Lipinski definition) is 2. The molecule has 0 spiro atoms. The number of fused-ring (bicyclic) bond motifs is 3. The Labute approximate surface area is 198 Å². The number of amides is 1. The summed E-state index contributed by atoms with van der Waals surface area (Å²) >= 11 is 5.35. The first-order valence-corrected chi connectivity index (χ1v) is 13.4. The Kier molecular flexibility index (Phi) is 7.83. The van der Waals surface area contributed by atoms with E-state index in [-0.39, 0.29) is 12.3 Å². The molecule has 0 aliphatic rings. The van der Waals surface area contributed by atoms with Crippen LogP contribution in [0.25, 0.3) is 21.8 Å². The molecule has 1 amide bonds. The Balaban J connectivity index is 1.90. The van der Waals surface area contributed by atoms with E-state index in [0.717, 1.165) is 10.8 Å². The maximum absolute atomic E-state index is 13.3. The maximum atomic E-state index is 13.3. The third-order valence-corrected chi connectivity index (χ3v) is 7.75.